The topological polar surface area (TPSA) is 97.3 Å². The van der Waals surface area contributed by atoms with E-state index < -0.39 is 41.2 Å². The van der Waals surface area contributed by atoms with Crippen LogP contribution in [0.1, 0.15) is 48.4 Å². The summed E-state index contributed by atoms with van der Waals surface area (Å²) < 4.78 is 85.1. The van der Waals surface area contributed by atoms with Gasteiger partial charge in [-0.25, -0.2) is 13.6 Å². The molecule has 2 heterocycles. The molecule has 1 fully saturated rings. The lowest BCUT2D eigenvalue weighted by Crippen LogP contribution is -2.48. The Bertz CT molecular complexity index is 1590. The number of carbonyl (C=O) groups excluding carboxylic acids is 2. The molecule has 47 heavy (non-hydrogen) atoms. The van der Waals surface area contributed by atoms with Crippen molar-refractivity contribution in [2.75, 3.05) is 26.4 Å². The molecule has 5 rings (SSSR count). The zero-order chi connectivity index (χ0) is 33.8. The number of unbranched alkanes of at least 4 members (excludes halogenated alkanes) is 1. The fraction of sp³-hybridized carbons (Fsp3) is 0.412. The molecule has 3 aromatic rings. The van der Waals surface area contributed by atoms with Gasteiger partial charge in [-0.1, -0.05) is 49.4 Å². The molecule has 3 amide bonds. The standard InChI is InChI=1S/C34H35F5N2O6/c1-2-32(24-12-15-27-28(21-24)47-19-18-46-27)30(42)41(31(43)40-32)16-6-7-17-45-26-14-13-25(33(44,29(35)36)34(37,38)39)20-23(26)11-10-22-8-4-3-5-9-22/h3-5,8-9,12-15,20-21,29,44H,2,6-7,10-11,16-19H2,1H3,(H,40,43). The molecule has 2 unspecified atom stereocenters. The van der Waals surface area contributed by atoms with Crippen LogP contribution in [0.2, 0.25) is 0 Å². The quantitative estimate of drug-likeness (QED) is 0.127. The van der Waals surface area contributed by atoms with Crippen LogP contribution >= 0.6 is 0 Å². The van der Waals surface area contributed by atoms with Crippen molar-refractivity contribution < 1.29 is 50.9 Å². The predicted octanol–water partition coefficient (Wildman–Crippen LogP) is 6.27. The van der Waals surface area contributed by atoms with E-state index >= 15 is 0 Å². The highest BCUT2D eigenvalue weighted by molar-refractivity contribution is 6.07. The summed E-state index contributed by atoms with van der Waals surface area (Å²) in [6, 6.07) is 16.5. The molecule has 0 aliphatic carbocycles. The van der Waals surface area contributed by atoms with Crippen molar-refractivity contribution in [3.05, 3.63) is 89.0 Å². The Morgan fingerprint density at radius 3 is 2.36 bits per heavy atom. The lowest BCUT2D eigenvalue weighted by molar-refractivity contribution is -0.305. The minimum atomic E-state index is -5.61. The molecule has 0 radical (unpaired) electrons. The van der Waals surface area contributed by atoms with Crippen LogP contribution in [0.15, 0.2) is 66.7 Å². The number of benzene rings is 3. The molecule has 0 bridgehead atoms. The number of fused-ring (bicyclic) bond motifs is 1. The van der Waals surface area contributed by atoms with E-state index in [4.69, 9.17) is 14.2 Å². The summed E-state index contributed by atoms with van der Waals surface area (Å²) in [5.74, 6) is 0.829. The molecule has 0 spiro atoms. The average molecular weight is 663 g/mol. The number of nitrogens with one attached hydrogen (secondary N) is 1. The second-order valence-corrected chi connectivity index (χ2v) is 11.4. The van der Waals surface area contributed by atoms with Crippen molar-refractivity contribution in [2.24, 2.45) is 0 Å². The third-order valence-corrected chi connectivity index (χ3v) is 8.55. The number of aryl methyl sites for hydroxylation is 2. The van der Waals surface area contributed by atoms with Gasteiger partial charge >= 0.3 is 12.2 Å². The summed E-state index contributed by atoms with van der Waals surface area (Å²) in [6.07, 6.45) is -8.16. The fourth-order valence-electron chi connectivity index (χ4n) is 5.82. The van der Waals surface area contributed by atoms with Crippen LogP contribution in [0.5, 0.6) is 17.2 Å². The summed E-state index contributed by atoms with van der Waals surface area (Å²) in [5, 5.41) is 12.9. The number of hydrogen-bond donors (Lipinski definition) is 2. The number of alkyl halides is 5. The molecule has 13 heteroatoms. The van der Waals surface area contributed by atoms with Crippen LogP contribution in [0, 0.1) is 0 Å². The zero-order valence-corrected chi connectivity index (χ0v) is 25.6. The molecule has 0 aromatic heterocycles. The lowest BCUT2D eigenvalue weighted by Gasteiger charge is -2.30. The van der Waals surface area contributed by atoms with Crippen molar-refractivity contribution in [1.29, 1.82) is 0 Å². The van der Waals surface area contributed by atoms with E-state index in [1.165, 1.54) is 0 Å². The number of rotatable bonds is 13. The van der Waals surface area contributed by atoms with Gasteiger partial charge in [0.05, 0.1) is 6.61 Å². The van der Waals surface area contributed by atoms with E-state index in [0.29, 0.717) is 56.0 Å². The minimum absolute atomic E-state index is 0.0702. The molecule has 0 saturated carbocycles. The molecular formula is C34H35F5N2O6. The van der Waals surface area contributed by atoms with Crippen molar-refractivity contribution >= 4 is 11.9 Å². The SMILES string of the molecule is CCC1(c2ccc3c(c2)OCCO3)NC(=O)N(CCCCOc2ccc(C(O)(C(F)F)C(F)(F)F)cc2CCc2ccccc2)C1=O. The number of aliphatic hydroxyl groups is 1. The summed E-state index contributed by atoms with van der Waals surface area (Å²) >= 11 is 0. The summed E-state index contributed by atoms with van der Waals surface area (Å²) in [4.78, 5) is 27.6. The first-order valence-corrected chi connectivity index (χ1v) is 15.3. The van der Waals surface area contributed by atoms with Crippen molar-refractivity contribution in [2.45, 2.75) is 62.8 Å². The molecule has 2 N–H and O–H groups in total. The third kappa shape index (κ3) is 6.71. The van der Waals surface area contributed by atoms with Gasteiger partial charge in [0, 0.05) is 6.54 Å². The van der Waals surface area contributed by atoms with Gasteiger partial charge < -0.3 is 24.6 Å². The van der Waals surface area contributed by atoms with Gasteiger partial charge in [0.25, 0.3) is 12.3 Å². The van der Waals surface area contributed by atoms with Gasteiger partial charge in [-0.3, -0.25) is 9.69 Å². The normalized spacial score (nSPS) is 19.1. The largest absolute Gasteiger partial charge is 0.493 e. The minimum Gasteiger partial charge on any atom is -0.493 e. The van der Waals surface area contributed by atoms with Crippen LogP contribution < -0.4 is 19.5 Å². The van der Waals surface area contributed by atoms with E-state index in [0.717, 1.165) is 28.7 Å². The Morgan fingerprint density at radius 2 is 1.68 bits per heavy atom. The Labute approximate surface area is 268 Å². The Kier molecular flexibility index (Phi) is 9.94. The van der Waals surface area contributed by atoms with Gasteiger partial charge in [-0.2, -0.15) is 13.2 Å². The zero-order valence-electron chi connectivity index (χ0n) is 25.6. The highest BCUT2D eigenvalue weighted by atomic mass is 19.4. The maximum atomic E-state index is 13.6. The highest BCUT2D eigenvalue weighted by Gasteiger charge is 2.61. The van der Waals surface area contributed by atoms with Gasteiger partial charge in [0.2, 0.25) is 5.60 Å². The molecule has 252 valence electrons. The Morgan fingerprint density at radius 1 is 0.957 bits per heavy atom. The van der Waals surface area contributed by atoms with E-state index in [1.54, 1.807) is 37.3 Å². The van der Waals surface area contributed by atoms with Gasteiger partial charge in [0.1, 0.15) is 24.5 Å². The van der Waals surface area contributed by atoms with E-state index in [1.807, 2.05) is 18.2 Å². The number of urea groups is 1. The fourth-order valence-corrected chi connectivity index (χ4v) is 5.82. The number of nitrogens with zero attached hydrogens (tertiary/aromatic N) is 1. The van der Waals surface area contributed by atoms with Crippen LogP contribution in [0.25, 0.3) is 0 Å². The number of amides is 3. The number of carbonyl (C=O) groups is 2. The van der Waals surface area contributed by atoms with Crippen LogP contribution in [-0.4, -0.2) is 60.9 Å². The molecule has 8 nitrogen and oxygen atoms in total. The first kappa shape index (κ1) is 34.0. The first-order chi connectivity index (χ1) is 22.4. The second kappa shape index (κ2) is 13.8. The van der Waals surface area contributed by atoms with E-state index in [2.05, 4.69) is 5.32 Å². The van der Waals surface area contributed by atoms with Crippen molar-refractivity contribution in [3.63, 3.8) is 0 Å². The number of hydrogen-bond acceptors (Lipinski definition) is 6. The Balaban J connectivity index is 1.25. The molecule has 2 aliphatic heterocycles. The van der Waals surface area contributed by atoms with Crippen LogP contribution in [-0.2, 0) is 28.8 Å². The first-order valence-electron chi connectivity index (χ1n) is 15.3. The number of halogens is 5. The Hall–Kier alpha value is -4.39. The predicted molar refractivity (Wildman–Crippen MR) is 161 cm³/mol. The van der Waals surface area contributed by atoms with Gasteiger partial charge in [0.15, 0.2) is 11.5 Å². The smallest absolute Gasteiger partial charge is 0.427 e. The van der Waals surface area contributed by atoms with Crippen molar-refractivity contribution in [1.82, 2.24) is 10.2 Å². The van der Waals surface area contributed by atoms with Crippen LogP contribution in [0.4, 0.5) is 26.7 Å². The molecule has 3 aromatic carbocycles. The summed E-state index contributed by atoms with van der Waals surface area (Å²) in [6.45, 7) is 2.74. The van der Waals surface area contributed by atoms with Gasteiger partial charge in [-0.15, -0.1) is 0 Å². The highest BCUT2D eigenvalue weighted by Crippen LogP contribution is 2.44. The van der Waals surface area contributed by atoms with Crippen molar-refractivity contribution in [3.8, 4) is 17.2 Å². The monoisotopic (exact) mass is 662 g/mol. The molecule has 2 aliphatic rings. The molecule has 2 atom stereocenters. The summed E-state index contributed by atoms with van der Waals surface area (Å²) in [5.41, 5.74) is -4.93. The third-order valence-electron chi connectivity index (χ3n) is 8.55. The van der Waals surface area contributed by atoms with Crippen LogP contribution in [0.3, 0.4) is 0 Å². The molecule has 1 saturated heterocycles. The maximum absolute atomic E-state index is 13.6. The molecular weight excluding hydrogens is 627 g/mol. The lowest BCUT2D eigenvalue weighted by atomic mass is 9.87. The van der Waals surface area contributed by atoms with Gasteiger partial charge in [-0.05, 0) is 78.6 Å². The second-order valence-electron chi connectivity index (χ2n) is 11.4. The van der Waals surface area contributed by atoms with E-state index in [9.17, 15) is 36.6 Å². The summed E-state index contributed by atoms with van der Waals surface area (Å²) in [7, 11) is 0. The maximum Gasteiger partial charge on any atom is 0.427 e. The van der Waals surface area contributed by atoms with E-state index in [-0.39, 0.29) is 30.9 Å². The number of imide groups is 1. The number of ether oxygens (including phenoxy) is 3. The average Bonchev–Trinajstić information content (AvgIpc) is 3.31.